The number of thiophene rings is 1. The van der Waals surface area contributed by atoms with E-state index >= 15 is 0 Å². The predicted molar refractivity (Wildman–Crippen MR) is 66.7 cm³/mol. The highest BCUT2D eigenvalue weighted by Crippen LogP contribution is 2.37. The SMILES string of the molecule is NC1CCC(c2nc3ccsc3s2)CC1. The van der Waals surface area contributed by atoms with E-state index in [1.807, 2.05) is 11.3 Å². The van der Waals surface area contributed by atoms with Gasteiger partial charge in [0.25, 0.3) is 0 Å². The van der Waals surface area contributed by atoms with Crippen molar-refractivity contribution in [2.24, 2.45) is 5.73 Å². The van der Waals surface area contributed by atoms with Crippen LogP contribution in [0.5, 0.6) is 0 Å². The fraction of sp³-hybridized carbons (Fsp3) is 0.545. The summed E-state index contributed by atoms with van der Waals surface area (Å²) in [6, 6.07) is 2.55. The van der Waals surface area contributed by atoms with Gasteiger partial charge in [0.05, 0.1) is 10.5 Å². The Morgan fingerprint density at radius 3 is 2.80 bits per heavy atom. The molecule has 0 aliphatic heterocycles. The molecular formula is C11H14N2S2. The van der Waals surface area contributed by atoms with E-state index < -0.39 is 0 Å². The van der Waals surface area contributed by atoms with Gasteiger partial charge in [0, 0.05) is 12.0 Å². The van der Waals surface area contributed by atoms with Crippen molar-refractivity contribution < 1.29 is 0 Å². The molecule has 1 fully saturated rings. The molecule has 0 aromatic carbocycles. The molecule has 1 saturated carbocycles. The predicted octanol–water partition coefficient (Wildman–Crippen LogP) is 3.34. The van der Waals surface area contributed by atoms with Crippen LogP contribution in [0.1, 0.15) is 36.6 Å². The first kappa shape index (κ1) is 9.75. The first-order valence-corrected chi connectivity index (χ1v) is 7.12. The second-order valence-electron chi connectivity index (χ2n) is 4.26. The van der Waals surface area contributed by atoms with Crippen LogP contribution in [0.15, 0.2) is 11.4 Å². The summed E-state index contributed by atoms with van der Waals surface area (Å²) < 4.78 is 1.37. The normalized spacial score (nSPS) is 27.3. The molecule has 0 amide bonds. The third-order valence-electron chi connectivity index (χ3n) is 3.16. The van der Waals surface area contributed by atoms with Crippen molar-refractivity contribution >= 4 is 32.2 Å². The van der Waals surface area contributed by atoms with Gasteiger partial charge in [-0.25, -0.2) is 4.98 Å². The van der Waals surface area contributed by atoms with Gasteiger partial charge in [0.15, 0.2) is 0 Å². The Morgan fingerprint density at radius 2 is 2.07 bits per heavy atom. The van der Waals surface area contributed by atoms with Crippen molar-refractivity contribution in [1.29, 1.82) is 0 Å². The molecule has 2 aromatic rings. The van der Waals surface area contributed by atoms with Gasteiger partial charge in [0.1, 0.15) is 4.01 Å². The lowest BCUT2D eigenvalue weighted by Crippen LogP contribution is -2.25. The summed E-state index contributed by atoms with van der Waals surface area (Å²) in [5, 5.41) is 3.46. The lowest BCUT2D eigenvalue weighted by atomic mass is 9.87. The maximum Gasteiger partial charge on any atom is 0.107 e. The highest BCUT2D eigenvalue weighted by atomic mass is 32.2. The summed E-state index contributed by atoms with van der Waals surface area (Å²) >= 11 is 3.68. The zero-order valence-electron chi connectivity index (χ0n) is 8.48. The van der Waals surface area contributed by atoms with Gasteiger partial charge in [-0.15, -0.1) is 22.7 Å². The lowest BCUT2D eigenvalue weighted by Gasteiger charge is -2.24. The first-order chi connectivity index (χ1) is 7.33. The number of rotatable bonds is 1. The van der Waals surface area contributed by atoms with Crippen molar-refractivity contribution in [3.8, 4) is 0 Å². The van der Waals surface area contributed by atoms with Crippen molar-refractivity contribution in [3.63, 3.8) is 0 Å². The van der Waals surface area contributed by atoms with Crippen LogP contribution in [-0.2, 0) is 0 Å². The summed E-state index contributed by atoms with van der Waals surface area (Å²) in [6.45, 7) is 0. The van der Waals surface area contributed by atoms with Gasteiger partial charge >= 0.3 is 0 Å². The Kier molecular flexibility index (Phi) is 2.50. The largest absolute Gasteiger partial charge is 0.328 e. The van der Waals surface area contributed by atoms with Crippen LogP contribution in [0.25, 0.3) is 9.53 Å². The zero-order valence-corrected chi connectivity index (χ0v) is 10.1. The van der Waals surface area contributed by atoms with Crippen LogP contribution >= 0.6 is 22.7 Å². The highest BCUT2D eigenvalue weighted by Gasteiger charge is 2.22. The monoisotopic (exact) mass is 238 g/mol. The molecule has 0 bridgehead atoms. The second kappa shape index (κ2) is 3.85. The number of fused-ring (bicyclic) bond motifs is 1. The van der Waals surface area contributed by atoms with Gasteiger partial charge in [0.2, 0.25) is 0 Å². The van der Waals surface area contributed by atoms with Crippen molar-refractivity contribution in [2.75, 3.05) is 0 Å². The molecule has 0 saturated heterocycles. The van der Waals surface area contributed by atoms with E-state index in [9.17, 15) is 0 Å². The number of nitrogens with zero attached hydrogens (tertiary/aromatic N) is 1. The quantitative estimate of drug-likeness (QED) is 0.827. The number of nitrogens with two attached hydrogens (primary N) is 1. The zero-order chi connectivity index (χ0) is 10.3. The standard InChI is InChI=1S/C11H14N2S2/c12-8-3-1-7(2-4-8)10-13-9-5-6-14-11(9)15-10/h5-8H,1-4,12H2. The van der Waals surface area contributed by atoms with Gasteiger partial charge in [-0.2, -0.15) is 0 Å². The fourth-order valence-electron chi connectivity index (χ4n) is 2.23. The average molecular weight is 238 g/mol. The molecular weight excluding hydrogens is 224 g/mol. The number of aromatic nitrogens is 1. The molecule has 2 aromatic heterocycles. The molecule has 2 heterocycles. The summed E-state index contributed by atoms with van der Waals surface area (Å²) in [5.41, 5.74) is 7.10. The van der Waals surface area contributed by atoms with E-state index in [-0.39, 0.29) is 0 Å². The minimum absolute atomic E-state index is 0.433. The molecule has 0 radical (unpaired) electrons. The third kappa shape index (κ3) is 1.82. The molecule has 3 rings (SSSR count). The minimum atomic E-state index is 0.433. The van der Waals surface area contributed by atoms with E-state index in [0.717, 1.165) is 12.8 Å². The lowest BCUT2D eigenvalue weighted by molar-refractivity contribution is 0.395. The average Bonchev–Trinajstić information content (AvgIpc) is 2.78. The molecule has 1 aliphatic carbocycles. The van der Waals surface area contributed by atoms with E-state index in [2.05, 4.69) is 11.4 Å². The Bertz CT molecular complexity index is 423. The highest BCUT2D eigenvalue weighted by molar-refractivity contribution is 7.37. The molecule has 0 atom stereocenters. The van der Waals surface area contributed by atoms with Crippen LogP contribution in [-0.4, -0.2) is 11.0 Å². The maximum atomic E-state index is 5.92. The molecule has 0 unspecified atom stereocenters. The molecule has 1 aliphatic rings. The summed E-state index contributed by atoms with van der Waals surface area (Å²) in [6.07, 6.45) is 4.78. The summed E-state index contributed by atoms with van der Waals surface area (Å²) in [4.78, 5) is 4.71. The Morgan fingerprint density at radius 1 is 1.27 bits per heavy atom. The summed E-state index contributed by atoms with van der Waals surface area (Å²) in [5.74, 6) is 0.675. The van der Waals surface area contributed by atoms with Gasteiger partial charge in [-0.05, 0) is 37.1 Å². The number of hydrogen-bond acceptors (Lipinski definition) is 4. The third-order valence-corrected chi connectivity index (χ3v) is 5.42. The Labute approximate surface area is 97.1 Å². The molecule has 4 heteroatoms. The van der Waals surface area contributed by atoms with E-state index in [1.165, 1.54) is 27.4 Å². The van der Waals surface area contributed by atoms with Gasteiger partial charge in [-0.1, -0.05) is 0 Å². The topological polar surface area (TPSA) is 38.9 Å². The molecule has 15 heavy (non-hydrogen) atoms. The van der Waals surface area contributed by atoms with Crippen molar-refractivity contribution in [2.45, 2.75) is 37.6 Å². The number of thiazole rings is 1. The van der Waals surface area contributed by atoms with Crippen molar-refractivity contribution in [3.05, 3.63) is 16.5 Å². The second-order valence-corrected chi connectivity index (χ2v) is 6.46. The van der Waals surface area contributed by atoms with Crippen LogP contribution in [0, 0.1) is 0 Å². The van der Waals surface area contributed by atoms with E-state index in [1.54, 1.807) is 11.3 Å². The summed E-state index contributed by atoms with van der Waals surface area (Å²) in [7, 11) is 0. The van der Waals surface area contributed by atoms with E-state index in [4.69, 9.17) is 10.7 Å². The van der Waals surface area contributed by atoms with Gasteiger partial charge < -0.3 is 5.73 Å². The smallest absolute Gasteiger partial charge is 0.107 e. The number of hydrogen-bond donors (Lipinski definition) is 1. The van der Waals surface area contributed by atoms with Crippen LogP contribution in [0.2, 0.25) is 0 Å². The fourth-order valence-corrected chi connectivity index (χ4v) is 4.35. The Balaban J connectivity index is 1.84. The molecule has 2 N–H and O–H groups in total. The van der Waals surface area contributed by atoms with E-state index in [0.29, 0.717) is 12.0 Å². The first-order valence-electron chi connectivity index (χ1n) is 5.42. The van der Waals surface area contributed by atoms with Crippen molar-refractivity contribution in [1.82, 2.24) is 4.98 Å². The molecule has 2 nitrogen and oxygen atoms in total. The molecule has 0 spiro atoms. The van der Waals surface area contributed by atoms with Crippen LogP contribution < -0.4 is 5.73 Å². The van der Waals surface area contributed by atoms with Crippen LogP contribution in [0.3, 0.4) is 0 Å². The molecule has 80 valence electrons. The van der Waals surface area contributed by atoms with Gasteiger partial charge in [-0.3, -0.25) is 0 Å². The van der Waals surface area contributed by atoms with Crippen LogP contribution in [0.4, 0.5) is 0 Å². The minimum Gasteiger partial charge on any atom is -0.328 e. The maximum absolute atomic E-state index is 5.92. The Hall–Kier alpha value is -0.450.